The van der Waals surface area contributed by atoms with E-state index < -0.39 is 11.2 Å². The number of halogens is 1. The number of thioether (sulfide) groups is 1. The molecule has 0 spiro atoms. The third kappa shape index (κ3) is 3.63. The maximum atomic E-state index is 12.1. The number of aliphatic imine (C=N–C) groups is 1. The summed E-state index contributed by atoms with van der Waals surface area (Å²) in [5.41, 5.74) is 5.84. The number of carbonyl (C=O) groups is 2. The maximum Gasteiger partial charge on any atom is 0.262 e. The summed E-state index contributed by atoms with van der Waals surface area (Å²) < 4.78 is 10.3. The predicted octanol–water partition coefficient (Wildman–Crippen LogP) is 1.64. The molecule has 3 N–H and O–H groups in total. The topological polar surface area (TPSA) is 103 Å². The molecule has 22 heavy (non-hydrogen) atoms. The highest BCUT2D eigenvalue weighted by molar-refractivity contribution is 8.15. The first-order valence-electron chi connectivity index (χ1n) is 6.20. The second-order valence-corrected chi connectivity index (χ2v) is 5.96. The van der Waals surface area contributed by atoms with Crippen LogP contribution >= 0.6 is 23.4 Å². The summed E-state index contributed by atoms with van der Waals surface area (Å²) >= 11 is 7.10. The van der Waals surface area contributed by atoms with Gasteiger partial charge in [0, 0.05) is 12.5 Å². The summed E-state index contributed by atoms with van der Waals surface area (Å²) in [6, 6.07) is 3.08. The van der Waals surface area contributed by atoms with Gasteiger partial charge in [-0.3, -0.25) is 9.59 Å². The van der Waals surface area contributed by atoms with Crippen LogP contribution in [-0.2, 0) is 9.59 Å². The van der Waals surface area contributed by atoms with Crippen LogP contribution in [0.5, 0.6) is 11.5 Å². The lowest BCUT2D eigenvalue weighted by Gasteiger charge is -2.13. The molecule has 0 aliphatic carbocycles. The van der Waals surface area contributed by atoms with Gasteiger partial charge in [0.05, 0.1) is 24.9 Å². The van der Waals surface area contributed by atoms with Gasteiger partial charge in [-0.15, -0.1) is 0 Å². The van der Waals surface area contributed by atoms with E-state index in [0.717, 1.165) is 11.8 Å². The van der Waals surface area contributed by atoms with Crippen molar-refractivity contribution in [2.75, 3.05) is 19.5 Å². The number of amidine groups is 1. The van der Waals surface area contributed by atoms with Crippen LogP contribution in [0.15, 0.2) is 17.1 Å². The van der Waals surface area contributed by atoms with Crippen LogP contribution in [0.3, 0.4) is 0 Å². The Balaban J connectivity index is 2.08. The molecule has 0 bridgehead atoms. The van der Waals surface area contributed by atoms with E-state index in [1.807, 2.05) is 0 Å². The quantitative estimate of drug-likeness (QED) is 0.842. The van der Waals surface area contributed by atoms with Crippen molar-refractivity contribution >= 4 is 46.0 Å². The molecule has 0 radical (unpaired) electrons. The fraction of sp³-hybridized carbons (Fsp3) is 0.308. The number of nitrogens with two attached hydrogens (primary N) is 1. The van der Waals surface area contributed by atoms with Crippen molar-refractivity contribution in [3.8, 4) is 11.5 Å². The van der Waals surface area contributed by atoms with Crippen LogP contribution in [0.2, 0.25) is 5.02 Å². The van der Waals surface area contributed by atoms with Gasteiger partial charge in [-0.2, -0.15) is 4.99 Å². The summed E-state index contributed by atoms with van der Waals surface area (Å²) in [4.78, 5) is 27.1. The number of nitrogens with one attached hydrogen (secondary N) is 1. The standard InChI is InChI=1S/C13H14ClN3O4S/c1-20-8-4-9(21-2)7(3-6(8)14)16-11(18)5-10-12(19)17-13(15)22-10/h3-4,10H,5H2,1-2H3,(H,16,18)(H2,15,17,19)/t10-/m1/s1. The maximum absolute atomic E-state index is 12.1. The molecule has 1 heterocycles. The number of nitrogens with zero attached hydrogens (tertiary/aromatic N) is 1. The molecule has 0 saturated heterocycles. The van der Waals surface area contributed by atoms with E-state index in [1.165, 1.54) is 20.3 Å². The van der Waals surface area contributed by atoms with Crippen molar-refractivity contribution in [1.29, 1.82) is 0 Å². The number of hydrogen-bond acceptors (Lipinski definition) is 6. The van der Waals surface area contributed by atoms with E-state index in [9.17, 15) is 9.59 Å². The normalized spacial score (nSPS) is 17.1. The molecular weight excluding hydrogens is 330 g/mol. The molecule has 0 unspecified atom stereocenters. The molecule has 2 rings (SSSR count). The number of benzene rings is 1. The van der Waals surface area contributed by atoms with Crippen LogP contribution in [-0.4, -0.2) is 36.5 Å². The highest BCUT2D eigenvalue weighted by Crippen LogP contribution is 2.36. The summed E-state index contributed by atoms with van der Waals surface area (Å²) in [6.07, 6.45) is -0.0412. The minimum absolute atomic E-state index is 0.0412. The number of amides is 2. The first-order valence-corrected chi connectivity index (χ1v) is 7.46. The van der Waals surface area contributed by atoms with Gasteiger partial charge >= 0.3 is 0 Å². The summed E-state index contributed by atoms with van der Waals surface area (Å²) in [5, 5.41) is 2.56. The highest BCUT2D eigenvalue weighted by Gasteiger charge is 2.29. The van der Waals surface area contributed by atoms with Crippen molar-refractivity contribution in [2.24, 2.45) is 10.7 Å². The molecule has 7 nitrogen and oxygen atoms in total. The van der Waals surface area contributed by atoms with Crippen molar-refractivity contribution in [3.05, 3.63) is 17.2 Å². The molecule has 1 aliphatic rings. The van der Waals surface area contributed by atoms with Gasteiger partial charge in [0.2, 0.25) is 5.91 Å². The molecule has 118 valence electrons. The number of hydrogen-bond donors (Lipinski definition) is 2. The molecule has 1 aromatic carbocycles. The predicted molar refractivity (Wildman–Crippen MR) is 85.8 cm³/mol. The van der Waals surface area contributed by atoms with Gasteiger partial charge in [0.25, 0.3) is 5.91 Å². The number of rotatable bonds is 5. The van der Waals surface area contributed by atoms with E-state index in [-0.39, 0.29) is 17.5 Å². The second kappa shape index (κ2) is 6.89. The molecular formula is C13H14ClN3O4S. The summed E-state index contributed by atoms with van der Waals surface area (Å²) in [7, 11) is 2.94. The van der Waals surface area contributed by atoms with E-state index in [0.29, 0.717) is 22.2 Å². The number of carbonyl (C=O) groups excluding carboxylic acids is 2. The minimum Gasteiger partial charge on any atom is -0.495 e. The number of methoxy groups -OCH3 is 2. The molecule has 0 saturated carbocycles. The van der Waals surface area contributed by atoms with Crippen molar-refractivity contribution in [3.63, 3.8) is 0 Å². The van der Waals surface area contributed by atoms with Crippen LogP contribution in [0.1, 0.15) is 6.42 Å². The molecule has 1 aliphatic heterocycles. The molecule has 0 fully saturated rings. The zero-order valence-corrected chi connectivity index (χ0v) is 13.5. The number of anilines is 1. The Morgan fingerprint density at radius 2 is 2.09 bits per heavy atom. The summed E-state index contributed by atoms with van der Waals surface area (Å²) in [6.45, 7) is 0. The SMILES string of the molecule is COc1cc(OC)c(NC(=O)C[C@H]2SC(N)=NC2=O)cc1Cl. The highest BCUT2D eigenvalue weighted by atomic mass is 35.5. The minimum atomic E-state index is -0.597. The molecule has 1 aromatic rings. The Kier molecular flexibility index (Phi) is 5.15. The molecule has 0 aromatic heterocycles. The largest absolute Gasteiger partial charge is 0.495 e. The zero-order valence-electron chi connectivity index (χ0n) is 11.9. The molecule has 1 atom stereocenters. The van der Waals surface area contributed by atoms with Crippen molar-refractivity contribution in [1.82, 2.24) is 0 Å². The first kappa shape index (κ1) is 16.4. The van der Waals surface area contributed by atoms with Gasteiger partial charge in [-0.05, 0) is 6.07 Å². The van der Waals surface area contributed by atoms with E-state index in [4.69, 9.17) is 26.8 Å². The van der Waals surface area contributed by atoms with E-state index in [2.05, 4.69) is 10.3 Å². The average molecular weight is 344 g/mol. The van der Waals surface area contributed by atoms with Gasteiger partial charge in [-0.1, -0.05) is 23.4 Å². The van der Waals surface area contributed by atoms with Crippen molar-refractivity contribution in [2.45, 2.75) is 11.7 Å². The smallest absolute Gasteiger partial charge is 0.262 e. The lowest BCUT2D eigenvalue weighted by atomic mass is 10.2. The molecule has 9 heteroatoms. The third-order valence-corrected chi connectivity index (χ3v) is 4.16. The Bertz CT molecular complexity index is 650. The van der Waals surface area contributed by atoms with Gasteiger partial charge in [0.1, 0.15) is 16.7 Å². The Hall–Kier alpha value is -1.93. The average Bonchev–Trinajstić information content (AvgIpc) is 2.77. The van der Waals surface area contributed by atoms with Gasteiger partial charge < -0.3 is 20.5 Å². The lowest BCUT2D eigenvalue weighted by molar-refractivity contribution is -0.121. The molecule has 2 amide bonds. The van der Waals surface area contributed by atoms with Crippen LogP contribution in [0, 0.1) is 0 Å². The second-order valence-electron chi connectivity index (χ2n) is 4.33. The van der Waals surface area contributed by atoms with Gasteiger partial charge in [0.15, 0.2) is 5.17 Å². The fourth-order valence-electron chi connectivity index (χ4n) is 1.86. The monoisotopic (exact) mass is 343 g/mol. The lowest BCUT2D eigenvalue weighted by Crippen LogP contribution is -2.22. The van der Waals surface area contributed by atoms with E-state index in [1.54, 1.807) is 6.07 Å². The van der Waals surface area contributed by atoms with E-state index >= 15 is 0 Å². The Morgan fingerprint density at radius 1 is 1.41 bits per heavy atom. The Morgan fingerprint density at radius 3 is 2.64 bits per heavy atom. The van der Waals surface area contributed by atoms with Crippen LogP contribution in [0.4, 0.5) is 5.69 Å². The van der Waals surface area contributed by atoms with Crippen molar-refractivity contribution < 1.29 is 19.1 Å². The van der Waals surface area contributed by atoms with Crippen LogP contribution in [0.25, 0.3) is 0 Å². The van der Waals surface area contributed by atoms with Gasteiger partial charge in [-0.25, -0.2) is 0 Å². The fourth-order valence-corrected chi connectivity index (χ4v) is 2.92. The number of ether oxygens (including phenoxy) is 2. The summed E-state index contributed by atoms with van der Waals surface area (Å²) in [5.74, 6) is 0.0580. The Labute approximate surface area is 136 Å². The zero-order chi connectivity index (χ0) is 16.3. The first-order chi connectivity index (χ1) is 10.4. The third-order valence-electron chi connectivity index (χ3n) is 2.88. The van der Waals surface area contributed by atoms with Crippen LogP contribution < -0.4 is 20.5 Å².